The molecular weight excluding hydrogens is 300 g/mol. The molecule has 0 aromatic carbocycles. The van der Waals surface area contributed by atoms with Crippen LogP contribution in [0, 0.1) is 0 Å². The van der Waals surface area contributed by atoms with Crippen LogP contribution in [0.4, 0.5) is 0 Å². The molecule has 0 saturated carbocycles. The topological polar surface area (TPSA) is 0 Å². The summed E-state index contributed by atoms with van der Waals surface area (Å²) in [4.78, 5) is 0. The summed E-state index contributed by atoms with van der Waals surface area (Å²) in [7, 11) is 0. The maximum Gasteiger partial charge on any atom is -0.00328 e. The number of rotatable bonds is 6. The Bertz CT molecular complexity index is 569. The van der Waals surface area contributed by atoms with Crippen molar-refractivity contribution >= 4 is 0 Å². The maximum absolute atomic E-state index is 4.18. The molecule has 0 heterocycles. The molecule has 0 nitrogen and oxygen atoms in total. The maximum atomic E-state index is 4.18. The van der Waals surface area contributed by atoms with Gasteiger partial charge in [-0.25, -0.2) is 0 Å². The summed E-state index contributed by atoms with van der Waals surface area (Å²) in [5.41, 5.74) is 6.20. The van der Waals surface area contributed by atoms with E-state index < -0.39 is 0 Å². The Morgan fingerprint density at radius 3 is 1.56 bits per heavy atom. The Morgan fingerprint density at radius 2 is 1.24 bits per heavy atom. The predicted octanol–water partition coefficient (Wildman–Crippen LogP) is 8.47. The van der Waals surface area contributed by atoms with Crippen molar-refractivity contribution in [1.29, 1.82) is 0 Å². The third-order valence-corrected chi connectivity index (χ3v) is 3.02. The minimum absolute atomic E-state index is 0.950. The molecule has 0 aromatic heterocycles. The summed E-state index contributed by atoms with van der Waals surface area (Å²) < 4.78 is 0. The summed E-state index contributed by atoms with van der Waals surface area (Å²) >= 11 is 0. The van der Waals surface area contributed by atoms with Gasteiger partial charge in [0.1, 0.15) is 0 Å². The van der Waals surface area contributed by atoms with E-state index >= 15 is 0 Å². The van der Waals surface area contributed by atoms with Crippen LogP contribution in [0.3, 0.4) is 0 Å². The van der Waals surface area contributed by atoms with Crippen molar-refractivity contribution in [3.63, 3.8) is 0 Å². The molecule has 0 heteroatoms. The molecule has 0 fully saturated rings. The molecule has 1 rings (SSSR count). The quantitative estimate of drug-likeness (QED) is 0.426. The van der Waals surface area contributed by atoms with Gasteiger partial charge in [0, 0.05) is 0 Å². The predicted molar refractivity (Wildman–Crippen MR) is 121 cm³/mol. The van der Waals surface area contributed by atoms with Gasteiger partial charge in [-0.2, -0.15) is 0 Å². The highest BCUT2D eigenvalue weighted by Crippen LogP contribution is 2.41. The molecule has 1 aliphatic carbocycles. The Morgan fingerprint density at radius 1 is 0.760 bits per heavy atom. The largest absolute Gasteiger partial charge is 0.0990 e. The van der Waals surface area contributed by atoms with Crippen molar-refractivity contribution in [3.05, 3.63) is 109 Å². The highest BCUT2D eigenvalue weighted by molar-refractivity contribution is 5.77. The van der Waals surface area contributed by atoms with Gasteiger partial charge in [0.25, 0.3) is 0 Å². The molecule has 0 atom stereocenters. The van der Waals surface area contributed by atoms with Gasteiger partial charge in [-0.05, 0) is 40.4 Å². The molecule has 0 radical (unpaired) electrons. The lowest BCUT2D eigenvalue weighted by atomic mass is 9.95. The summed E-state index contributed by atoms with van der Waals surface area (Å²) in [5, 5.41) is 0. The highest BCUT2D eigenvalue weighted by Gasteiger charge is 2.24. The summed E-state index contributed by atoms with van der Waals surface area (Å²) in [5.74, 6) is 0. The lowest BCUT2D eigenvalue weighted by molar-refractivity contribution is 1.45. The molecule has 0 spiro atoms. The molecule has 0 bridgehead atoms. The van der Waals surface area contributed by atoms with E-state index in [0.29, 0.717) is 0 Å². The Labute approximate surface area is 157 Å². The van der Waals surface area contributed by atoms with Gasteiger partial charge in [-0.3, -0.25) is 0 Å². The van der Waals surface area contributed by atoms with Crippen molar-refractivity contribution in [2.24, 2.45) is 0 Å². The highest BCUT2D eigenvalue weighted by atomic mass is 14.3. The molecule has 0 aromatic rings. The van der Waals surface area contributed by atoms with Crippen LogP contribution in [-0.4, -0.2) is 0 Å². The second-order valence-corrected chi connectivity index (χ2v) is 4.06. The molecule has 0 saturated heterocycles. The molecule has 0 aliphatic heterocycles. The van der Waals surface area contributed by atoms with Gasteiger partial charge in [0.15, 0.2) is 0 Å². The van der Waals surface area contributed by atoms with Gasteiger partial charge in [-0.15, -0.1) is 0 Å². The van der Waals surface area contributed by atoms with Crippen LogP contribution >= 0.6 is 0 Å². The number of allylic oxidation sites excluding steroid dienone is 13. The standard InChI is InChI=1S/C19H20.3C2H6/c1-7-12-15(9-3)19-14(6)16(10-4)18(13-8-2)17(19)11-5;3*1-2/h7-13H,1,3-6H2,2H3;3*1-2H3/b13-8-,15-12-;;;. The van der Waals surface area contributed by atoms with Crippen LogP contribution in [0.15, 0.2) is 109 Å². The van der Waals surface area contributed by atoms with E-state index in [2.05, 4.69) is 39.0 Å². The van der Waals surface area contributed by atoms with E-state index in [9.17, 15) is 0 Å². The first-order valence-electron chi connectivity index (χ1n) is 9.17. The molecule has 25 heavy (non-hydrogen) atoms. The number of hydrogen-bond donors (Lipinski definition) is 0. The van der Waals surface area contributed by atoms with E-state index in [1.54, 1.807) is 6.08 Å². The lowest BCUT2D eigenvalue weighted by Gasteiger charge is -2.08. The minimum atomic E-state index is 0.950. The van der Waals surface area contributed by atoms with E-state index in [0.717, 1.165) is 33.4 Å². The molecular formula is C25H38. The van der Waals surface area contributed by atoms with Gasteiger partial charge in [0.05, 0.1) is 0 Å². The second-order valence-electron chi connectivity index (χ2n) is 4.06. The Kier molecular flexibility index (Phi) is 19.8. The van der Waals surface area contributed by atoms with E-state index in [1.807, 2.05) is 78.8 Å². The first-order valence-corrected chi connectivity index (χ1v) is 9.17. The van der Waals surface area contributed by atoms with Gasteiger partial charge < -0.3 is 0 Å². The van der Waals surface area contributed by atoms with Crippen LogP contribution < -0.4 is 0 Å². The lowest BCUT2D eigenvalue weighted by Crippen LogP contribution is -1.90. The van der Waals surface area contributed by atoms with Crippen LogP contribution in [-0.2, 0) is 0 Å². The van der Waals surface area contributed by atoms with Gasteiger partial charge in [-0.1, -0.05) is 117 Å². The van der Waals surface area contributed by atoms with Crippen molar-refractivity contribution in [2.75, 3.05) is 0 Å². The van der Waals surface area contributed by atoms with E-state index in [4.69, 9.17) is 0 Å². The molecule has 1 aliphatic rings. The second kappa shape index (κ2) is 18.0. The first-order chi connectivity index (χ1) is 12.2. The summed E-state index contributed by atoms with van der Waals surface area (Å²) in [6, 6.07) is 0. The normalized spacial score (nSPS) is 13.1. The fraction of sp³-hybridized carbons (Fsp3) is 0.280. The van der Waals surface area contributed by atoms with Crippen molar-refractivity contribution in [2.45, 2.75) is 48.5 Å². The van der Waals surface area contributed by atoms with Crippen LogP contribution in [0.1, 0.15) is 48.5 Å². The van der Waals surface area contributed by atoms with Crippen molar-refractivity contribution < 1.29 is 0 Å². The molecule has 138 valence electrons. The zero-order valence-electron chi connectivity index (χ0n) is 17.6. The molecule has 0 amide bonds. The fourth-order valence-corrected chi connectivity index (χ4v) is 2.24. The van der Waals surface area contributed by atoms with Crippen LogP contribution in [0.5, 0.6) is 0 Å². The van der Waals surface area contributed by atoms with Crippen LogP contribution in [0.25, 0.3) is 0 Å². The first kappa shape index (κ1) is 27.5. The zero-order valence-corrected chi connectivity index (χ0v) is 17.6. The average molecular weight is 339 g/mol. The van der Waals surface area contributed by atoms with E-state index in [-0.39, 0.29) is 0 Å². The summed E-state index contributed by atoms with van der Waals surface area (Å²) in [6.07, 6.45) is 13.2. The number of hydrogen-bond acceptors (Lipinski definition) is 0. The van der Waals surface area contributed by atoms with E-state index in [1.165, 1.54) is 0 Å². The van der Waals surface area contributed by atoms with Gasteiger partial charge >= 0.3 is 0 Å². The fourth-order valence-electron chi connectivity index (χ4n) is 2.24. The average Bonchev–Trinajstić information content (AvgIpc) is 2.95. The Hall–Kier alpha value is -2.34. The van der Waals surface area contributed by atoms with Gasteiger partial charge in [0.2, 0.25) is 0 Å². The summed E-state index contributed by atoms with van der Waals surface area (Å²) in [6.45, 7) is 33.6. The SMILES string of the molecule is C=C/C=C(/C=C)C1=C(C=C)C(/C=C\C)=C(C=C)C1=C.CC.CC.CC. The van der Waals surface area contributed by atoms with Crippen LogP contribution in [0.2, 0.25) is 0 Å². The zero-order chi connectivity index (χ0) is 20.4. The minimum Gasteiger partial charge on any atom is -0.0990 e. The molecule has 0 N–H and O–H groups in total. The molecule has 0 unspecified atom stereocenters. The Balaban J connectivity index is -0.000000725. The smallest absolute Gasteiger partial charge is 0.00328 e. The van der Waals surface area contributed by atoms with Crippen molar-refractivity contribution in [1.82, 2.24) is 0 Å². The monoisotopic (exact) mass is 338 g/mol. The third-order valence-electron chi connectivity index (χ3n) is 3.02. The van der Waals surface area contributed by atoms with Crippen molar-refractivity contribution in [3.8, 4) is 0 Å². The third kappa shape index (κ3) is 7.39.